The van der Waals surface area contributed by atoms with Gasteiger partial charge in [0.1, 0.15) is 17.6 Å². The van der Waals surface area contributed by atoms with Gasteiger partial charge in [-0.1, -0.05) is 48.6 Å². The van der Waals surface area contributed by atoms with Crippen molar-refractivity contribution in [2.24, 2.45) is 5.18 Å². The maximum atomic E-state index is 12.9. The standard InChI is InChI=1S/C23H27N5O3/c1-15-5-7-19(8-6-15)9-10-20-14-28(13-16(2)31-23(20)17(3)27-30)22(29)12-11-21-24-18(4)25-26-21/h5-10,16H,3,11-14H2,1-2,4H3,(H,24,25,26)/b10-9+. The molecule has 31 heavy (non-hydrogen) atoms. The number of hydrogen-bond donors (Lipinski definition) is 1. The average molecular weight is 422 g/mol. The van der Waals surface area contributed by atoms with Crippen LogP contribution in [0.25, 0.3) is 6.08 Å². The van der Waals surface area contributed by atoms with Crippen molar-refractivity contribution in [3.63, 3.8) is 0 Å². The third-order valence-corrected chi connectivity index (χ3v) is 4.93. The van der Waals surface area contributed by atoms with Crippen LogP contribution in [0.15, 0.2) is 59.1 Å². The van der Waals surface area contributed by atoms with Crippen LogP contribution in [-0.4, -0.2) is 45.2 Å². The molecule has 0 saturated heterocycles. The molecule has 1 aromatic carbocycles. The number of amides is 1. The molecule has 0 bridgehead atoms. The fraction of sp³-hybridized carbons (Fsp3) is 0.348. The fourth-order valence-corrected chi connectivity index (χ4v) is 3.33. The van der Waals surface area contributed by atoms with Crippen LogP contribution in [0.1, 0.15) is 36.1 Å². The zero-order valence-electron chi connectivity index (χ0n) is 18.1. The van der Waals surface area contributed by atoms with Gasteiger partial charge in [-0.3, -0.25) is 9.89 Å². The number of benzene rings is 1. The fourth-order valence-electron chi connectivity index (χ4n) is 3.33. The van der Waals surface area contributed by atoms with Crippen LogP contribution in [0.5, 0.6) is 0 Å². The SMILES string of the molecule is C=C(N=O)C1=C(/C=C/c2ccc(C)cc2)CN(C(=O)CCc2n[nH]c(C)n2)CC(C)O1. The van der Waals surface area contributed by atoms with Gasteiger partial charge >= 0.3 is 0 Å². The van der Waals surface area contributed by atoms with Gasteiger partial charge in [0.15, 0.2) is 11.6 Å². The molecule has 1 N–H and O–H groups in total. The van der Waals surface area contributed by atoms with Crippen LogP contribution in [0.4, 0.5) is 0 Å². The highest BCUT2D eigenvalue weighted by molar-refractivity contribution is 5.77. The number of ether oxygens (including phenoxy) is 1. The predicted molar refractivity (Wildman–Crippen MR) is 119 cm³/mol. The molecule has 0 spiro atoms. The molecule has 1 unspecified atom stereocenters. The lowest BCUT2D eigenvalue weighted by Gasteiger charge is -2.22. The van der Waals surface area contributed by atoms with Crippen molar-refractivity contribution in [1.29, 1.82) is 0 Å². The van der Waals surface area contributed by atoms with Crippen molar-refractivity contribution in [3.8, 4) is 0 Å². The molecule has 3 rings (SSSR count). The molecule has 1 aliphatic heterocycles. The number of hydrogen-bond acceptors (Lipinski definition) is 6. The maximum Gasteiger partial charge on any atom is 0.223 e. The highest BCUT2D eigenvalue weighted by atomic mass is 16.5. The van der Waals surface area contributed by atoms with Gasteiger partial charge in [0, 0.05) is 25.0 Å². The van der Waals surface area contributed by atoms with Crippen LogP contribution >= 0.6 is 0 Å². The van der Waals surface area contributed by atoms with E-state index in [2.05, 4.69) is 26.9 Å². The first-order valence-corrected chi connectivity index (χ1v) is 10.2. The summed E-state index contributed by atoms with van der Waals surface area (Å²) < 4.78 is 5.94. The minimum absolute atomic E-state index is 0.0147. The number of rotatable bonds is 7. The van der Waals surface area contributed by atoms with E-state index in [-0.39, 0.29) is 24.1 Å². The summed E-state index contributed by atoms with van der Waals surface area (Å²) in [5, 5.41) is 9.84. The number of aromatic nitrogens is 3. The molecule has 0 aliphatic carbocycles. The van der Waals surface area contributed by atoms with E-state index in [1.807, 2.05) is 57.2 Å². The number of H-pyrrole nitrogens is 1. The van der Waals surface area contributed by atoms with Crippen molar-refractivity contribution in [1.82, 2.24) is 20.1 Å². The molecule has 1 atom stereocenters. The summed E-state index contributed by atoms with van der Waals surface area (Å²) in [6.07, 6.45) is 4.19. The Labute approximate surface area is 181 Å². The average Bonchev–Trinajstić information content (AvgIpc) is 3.09. The highest BCUT2D eigenvalue weighted by Gasteiger charge is 2.26. The monoisotopic (exact) mass is 421 g/mol. The molecule has 0 radical (unpaired) electrons. The molecule has 1 aliphatic rings. The third kappa shape index (κ3) is 5.97. The second kappa shape index (κ2) is 9.97. The molecular weight excluding hydrogens is 394 g/mol. The third-order valence-electron chi connectivity index (χ3n) is 4.93. The van der Waals surface area contributed by atoms with Crippen molar-refractivity contribution in [2.45, 2.75) is 39.7 Å². The Bertz CT molecular complexity index is 1020. The van der Waals surface area contributed by atoms with Crippen molar-refractivity contribution < 1.29 is 9.53 Å². The molecule has 162 valence electrons. The van der Waals surface area contributed by atoms with Crippen molar-refractivity contribution in [2.75, 3.05) is 13.1 Å². The van der Waals surface area contributed by atoms with E-state index < -0.39 is 0 Å². The van der Waals surface area contributed by atoms with E-state index >= 15 is 0 Å². The van der Waals surface area contributed by atoms with Crippen LogP contribution < -0.4 is 0 Å². The summed E-state index contributed by atoms with van der Waals surface area (Å²) in [4.78, 5) is 30.1. The number of nitrogens with one attached hydrogen (secondary N) is 1. The quantitative estimate of drug-likeness (QED) is 0.685. The van der Waals surface area contributed by atoms with Crippen LogP contribution in [0, 0.1) is 18.8 Å². The lowest BCUT2D eigenvalue weighted by atomic mass is 10.1. The number of carbonyl (C=O) groups is 1. The van der Waals surface area contributed by atoms with Gasteiger partial charge in [-0.15, -0.1) is 4.91 Å². The van der Waals surface area contributed by atoms with E-state index in [1.165, 1.54) is 5.56 Å². The minimum Gasteiger partial charge on any atom is -0.486 e. The Morgan fingerprint density at radius 1 is 1.32 bits per heavy atom. The molecule has 1 amide bonds. The van der Waals surface area contributed by atoms with Gasteiger partial charge < -0.3 is 9.64 Å². The Kier molecular flexibility index (Phi) is 7.12. The van der Waals surface area contributed by atoms with E-state index in [4.69, 9.17) is 4.74 Å². The van der Waals surface area contributed by atoms with Gasteiger partial charge in [0.05, 0.1) is 6.54 Å². The van der Waals surface area contributed by atoms with Crippen LogP contribution in [0.2, 0.25) is 0 Å². The van der Waals surface area contributed by atoms with Crippen molar-refractivity contribution in [3.05, 3.63) is 81.6 Å². The van der Waals surface area contributed by atoms with Crippen LogP contribution in [-0.2, 0) is 16.0 Å². The van der Waals surface area contributed by atoms with Gasteiger partial charge in [0.2, 0.25) is 5.91 Å². The summed E-state index contributed by atoms with van der Waals surface area (Å²) >= 11 is 0. The van der Waals surface area contributed by atoms with Gasteiger partial charge in [-0.25, -0.2) is 4.98 Å². The van der Waals surface area contributed by atoms with Gasteiger partial charge in [-0.05, 0) is 31.5 Å². The molecule has 0 fully saturated rings. The summed E-state index contributed by atoms with van der Waals surface area (Å²) in [5.41, 5.74) is 2.86. The first-order chi connectivity index (χ1) is 14.9. The summed E-state index contributed by atoms with van der Waals surface area (Å²) in [6, 6.07) is 8.04. The predicted octanol–water partition coefficient (Wildman–Crippen LogP) is 3.85. The Morgan fingerprint density at radius 2 is 2.06 bits per heavy atom. The van der Waals surface area contributed by atoms with E-state index in [1.54, 1.807) is 4.90 Å². The minimum atomic E-state index is -0.312. The maximum absolute atomic E-state index is 12.9. The van der Waals surface area contributed by atoms with E-state index in [9.17, 15) is 9.70 Å². The molecule has 2 heterocycles. The number of nitrogens with zero attached hydrogens (tertiary/aromatic N) is 4. The lowest BCUT2D eigenvalue weighted by molar-refractivity contribution is -0.131. The topological polar surface area (TPSA) is 101 Å². The highest BCUT2D eigenvalue weighted by Crippen LogP contribution is 2.25. The van der Waals surface area contributed by atoms with E-state index in [0.717, 1.165) is 11.4 Å². The molecule has 0 saturated carbocycles. The lowest BCUT2D eigenvalue weighted by Crippen LogP contribution is -2.37. The zero-order valence-corrected chi connectivity index (χ0v) is 18.1. The summed E-state index contributed by atoms with van der Waals surface area (Å²) in [7, 11) is 0. The summed E-state index contributed by atoms with van der Waals surface area (Å²) in [6.45, 7) is 10.1. The first kappa shape index (κ1) is 22.1. The first-order valence-electron chi connectivity index (χ1n) is 10.2. The number of carbonyl (C=O) groups excluding carboxylic acids is 1. The number of aromatic amines is 1. The smallest absolute Gasteiger partial charge is 0.223 e. The normalized spacial score (nSPS) is 16.9. The Hall–Kier alpha value is -3.55. The Balaban J connectivity index is 1.82. The molecule has 1 aromatic heterocycles. The molecule has 8 heteroatoms. The zero-order chi connectivity index (χ0) is 22.4. The second-order valence-electron chi connectivity index (χ2n) is 7.68. The van der Waals surface area contributed by atoms with Gasteiger partial charge in [-0.2, -0.15) is 5.10 Å². The van der Waals surface area contributed by atoms with Crippen molar-refractivity contribution >= 4 is 12.0 Å². The van der Waals surface area contributed by atoms with Crippen LogP contribution in [0.3, 0.4) is 0 Å². The largest absolute Gasteiger partial charge is 0.486 e. The second-order valence-corrected chi connectivity index (χ2v) is 7.68. The number of aryl methyl sites for hydroxylation is 3. The number of nitroso groups, excluding NO2 is 1. The Morgan fingerprint density at radius 3 is 2.71 bits per heavy atom. The molecule has 8 nitrogen and oxygen atoms in total. The molecule has 2 aromatic rings. The summed E-state index contributed by atoms with van der Waals surface area (Å²) in [5.74, 6) is 1.62. The van der Waals surface area contributed by atoms with E-state index in [0.29, 0.717) is 36.7 Å². The van der Waals surface area contributed by atoms with Gasteiger partial charge in [0.25, 0.3) is 0 Å². The molecular formula is C23H27N5O3.